The minimum atomic E-state index is -1.22. The number of ketones is 1. The molecule has 0 saturated heterocycles. The number of fused-ring (bicyclic) bond motifs is 4. The molecule has 0 aromatic rings. The topological polar surface area (TPSA) is 119 Å². The summed E-state index contributed by atoms with van der Waals surface area (Å²) < 4.78 is 11.0. The number of nitrogens with zero attached hydrogens (tertiary/aromatic N) is 4. The van der Waals surface area contributed by atoms with E-state index in [0.717, 1.165) is 81.9 Å². The second-order valence-corrected chi connectivity index (χ2v) is 19.4. The number of hydrogen-bond donors (Lipinski definition) is 0. The lowest BCUT2D eigenvalue weighted by atomic mass is 9.83. The fourth-order valence-corrected chi connectivity index (χ4v) is 10.1. The van der Waals surface area contributed by atoms with Crippen molar-refractivity contribution in [1.29, 1.82) is 0 Å². The molecule has 9 nitrogen and oxygen atoms in total. The third kappa shape index (κ3) is 10.6. The van der Waals surface area contributed by atoms with Crippen LogP contribution in [0, 0.1) is 35.5 Å². The third-order valence-electron chi connectivity index (χ3n) is 14.2. The molecular formula is C55H72N4O5. The fourth-order valence-electron chi connectivity index (χ4n) is 10.1. The first-order valence-corrected chi connectivity index (χ1v) is 24.0. The maximum absolute atomic E-state index is 14.4. The summed E-state index contributed by atoms with van der Waals surface area (Å²) in [5, 5.41) is 0. The van der Waals surface area contributed by atoms with Gasteiger partial charge in [-0.3, -0.25) is 19.4 Å². The summed E-state index contributed by atoms with van der Waals surface area (Å²) >= 11 is 0. The summed E-state index contributed by atoms with van der Waals surface area (Å²) in [6, 6.07) is 0. The number of methoxy groups -OCH3 is 1. The average Bonchev–Trinajstić information content (AvgIpc) is 3.99. The van der Waals surface area contributed by atoms with Crippen molar-refractivity contribution in [1.82, 2.24) is 0 Å². The highest BCUT2D eigenvalue weighted by Gasteiger charge is 2.51. The number of carbonyl (C=O) groups excluding carboxylic acids is 3. The zero-order valence-electron chi connectivity index (χ0n) is 40.6. The molecule has 5 atom stereocenters. The van der Waals surface area contributed by atoms with E-state index in [9.17, 15) is 14.4 Å². The molecule has 9 heteroatoms. The van der Waals surface area contributed by atoms with Gasteiger partial charge in [-0.05, 0) is 118 Å². The molecule has 0 N–H and O–H groups in total. The van der Waals surface area contributed by atoms with Crippen LogP contribution in [0.4, 0.5) is 0 Å². The highest BCUT2D eigenvalue weighted by Crippen LogP contribution is 2.47. The van der Waals surface area contributed by atoms with Crippen LogP contribution in [0.15, 0.2) is 124 Å². The van der Waals surface area contributed by atoms with Gasteiger partial charge in [0.25, 0.3) is 0 Å². The number of carbonyl (C=O) groups is 3. The molecule has 0 aromatic heterocycles. The minimum absolute atomic E-state index is 0.142. The Labute approximate surface area is 382 Å². The van der Waals surface area contributed by atoms with Gasteiger partial charge in [0.1, 0.15) is 12.5 Å². The summed E-state index contributed by atoms with van der Waals surface area (Å²) in [4.78, 5) is 61.8. The van der Waals surface area contributed by atoms with Gasteiger partial charge in [-0.25, -0.2) is 15.0 Å². The lowest BCUT2D eigenvalue weighted by Gasteiger charge is -2.20. The van der Waals surface area contributed by atoms with Gasteiger partial charge in [-0.2, -0.15) is 0 Å². The van der Waals surface area contributed by atoms with Gasteiger partial charge >= 0.3 is 11.9 Å². The van der Waals surface area contributed by atoms with Crippen molar-refractivity contribution in [2.75, 3.05) is 13.7 Å². The van der Waals surface area contributed by atoms with Crippen LogP contribution in [0.1, 0.15) is 146 Å². The maximum atomic E-state index is 14.4. The monoisotopic (exact) mass is 869 g/mol. The molecule has 0 spiro atoms. The van der Waals surface area contributed by atoms with E-state index in [1.807, 2.05) is 44.2 Å². The molecule has 0 radical (unpaired) electrons. The second-order valence-electron chi connectivity index (χ2n) is 19.4. The third-order valence-corrected chi connectivity index (χ3v) is 14.2. The summed E-state index contributed by atoms with van der Waals surface area (Å²) in [7, 11) is 1.30. The Bertz CT molecular complexity index is 2330. The fraction of sp³-hybridized carbons (Fsp3) is 0.545. The molecule has 5 heterocycles. The first-order chi connectivity index (χ1) is 30.6. The Morgan fingerprint density at radius 1 is 0.812 bits per heavy atom. The number of hydrogen-bond acceptors (Lipinski definition) is 9. The molecule has 342 valence electrons. The van der Waals surface area contributed by atoms with Crippen molar-refractivity contribution in [3.8, 4) is 0 Å². The van der Waals surface area contributed by atoms with Crippen LogP contribution in [0.25, 0.3) is 0 Å². The lowest BCUT2D eigenvalue weighted by Crippen LogP contribution is -2.25. The Hall–Kier alpha value is -5.05. The Balaban J connectivity index is 1.20. The molecule has 64 heavy (non-hydrogen) atoms. The average molecular weight is 869 g/mol. The zero-order valence-corrected chi connectivity index (χ0v) is 40.6. The summed E-state index contributed by atoms with van der Waals surface area (Å²) in [5.74, 6) is -0.711. The van der Waals surface area contributed by atoms with E-state index >= 15 is 0 Å². The highest BCUT2D eigenvalue weighted by molar-refractivity contribution is 6.43. The molecule has 8 bridgehead atoms. The molecule has 6 rings (SSSR count). The number of aliphatic imine (C=N–C) groups is 4. The van der Waals surface area contributed by atoms with Gasteiger partial charge in [-0.15, -0.1) is 0 Å². The first-order valence-electron chi connectivity index (χ1n) is 24.0. The van der Waals surface area contributed by atoms with Gasteiger partial charge < -0.3 is 9.47 Å². The maximum Gasteiger partial charge on any atom is 0.321 e. The smallest absolute Gasteiger partial charge is 0.321 e. The van der Waals surface area contributed by atoms with Crippen LogP contribution in [0.3, 0.4) is 0 Å². The molecular weight excluding hydrogens is 797 g/mol. The van der Waals surface area contributed by atoms with E-state index in [4.69, 9.17) is 29.4 Å². The normalized spacial score (nSPS) is 22.8. The van der Waals surface area contributed by atoms with E-state index < -0.39 is 11.9 Å². The van der Waals surface area contributed by atoms with Crippen molar-refractivity contribution >= 4 is 40.6 Å². The van der Waals surface area contributed by atoms with E-state index in [1.54, 1.807) is 0 Å². The van der Waals surface area contributed by atoms with E-state index in [-0.39, 0.29) is 36.6 Å². The van der Waals surface area contributed by atoms with Gasteiger partial charge in [0.05, 0.1) is 47.0 Å². The Morgan fingerprint density at radius 3 is 2.09 bits per heavy atom. The van der Waals surface area contributed by atoms with Crippen molar-refractivity contribution in [2.45, 2.75) is 146 Å². The van der Waals surface area contributed by atoms with Crippen LogP contribution in [0.2, 0.25) is 0 Å². The minimum Gasteiger partial charge on any atom is -0.468 e. The van der Waals surface area contributed by atoms with Gasteiger partial charge in [0.15, 0.2) is 5.78 Å². The largest absolute Gasteiger partial charge is 0.468 e. The van der Waals surface area contributed by atoms with Crippen LogP contribution in [0.5, 0.6) is 0 Å². The SMILES string of the molecule is C=CC1=C(C)C2=CC3=NC(=C4C5=NC(=CC6=NC(=CC1=N2)C(C)=C6CC)C(C)=C5C(=O)[C@H]4C(=O)OC)[C@@H](CCC(=O)OCC=C(C)CCC[C@@H](C)CCC[C@@H](C)CCCC(C)C)[C@@H]3C. The first kappa shape index (κ1) is 48.4. The number of allylic oxidation sites excluding steroid dienone is 12. The second kappa shape index (κ2) is 21.3. The van der Waals surface area contributed by atoms with Gasteiger partial charge in [-0.1, -0.05) is 105 Å². The van der Waals surface area contributed by atoms with E-state index in [2.05, 4.69) is 62.0 Å². The molecule has 0 amide bonds. The summed E-state index contributed by atoms with van der Waals surface area (Å²) in [6.07, 6.45) is 22.4. The Kier molecular flexibility index (Phi) is 16.1. The number of esters is 2. The number of rotatable bonds is 20. The van der Waals surface area contributed by atoms with E-state index in [0.29, 0.717) is 46.2 Å². The zero-order chi connectivity index (χ0) is 46.4. The predicted molar refractivity (Wildman–Crippen MR) is 261 cm³/mol. The van der Waals surface area contributed by atoms with E-state index in [1.165, 1.54) is 57.6 Å². The summed E-state index contributed by atoms with van der Waals surface area (Å²) in [5.41, 5.74) is 12.3. The molecule has 0 aromatic carbocycles. The highest BCUT2D eigenvalue weighted by atomic mass is 16.5. The molecule has 0 unspecified atom stereocenters. The predicted octanol–water partition coefficient (Wildman–Crippen LogP) is 12.6. The lowest BCUT2D eigenvalue weighted by molar-refractivity contribution is -0.146. The van der Waals surface area contributed by atoms with Gasteiger partial charge in [0.2, 0.25) is 0 Å². The number of Topliss-reactive ketones (excluding diaryl/α,β-unsaturated/α-hetero) is 1. The van der Waals surface area contributed by atoms with Crippen LogP contribution in [-0.4, -0.2) is 54.3 Å². The molecule has 1 saturated carbocycles. The molecule has 1 fully saturated rings. The Morgan fingerprint density at radius 2 is 1.44 bits per heavy atom. The van der Waals surface area contributed by atoms with Gasteiger partial charge in [0, 0.05) is 40.7 Å². The standard InChI is InChI=1S/C55H72N4O5/c1-13-39-35(8)42-28-44-37(10)41(24-25-48(60)64-27-26-34(7)23-17-22-33(6)21-16-20-32(5)19-15-18-31(3)4)52(58-44)50-51(55(62)63-12)54(61)49-38(11)45(59-53(49)50)30-47-40(14-2)36(9)43(57-47)29-46(39)56-42/h13,26,28-33,37,41,51H,1,14-25,27H2,2-12H3/t32-,33-,37-,41-,51-/m0/s1. The molecule has 5 aliphatic heterocycles. The van der Waals surface area contributed by atoms with Crippen molar-refractivity contribution in [3.05, 3.63) is 104 Å². The molecule has 1 aliphatic carbocycles. The van der Waals surface area contributed by atoms with Crippen LogP contribution in [-0.2, 0) is 23.9 Å². The van der Waals surface area contributed by atoms with Crippen molar-refractivity contribution in [2.24, 2.45) is 55.5 Å². The molecule has 6 aliphatic rings. The van der Waals surface area contributed by atoms with Crippen LogP contribution < -0.4 is 0 Å². The van der Waals surface area contributed by atoms with Crippen LogP contribution >= 0.6 is 0 Å². The summed E-state index contributed by atoms with van der Waals surface area (Å²) in [6.45, 7) is 26.0. The van der Waals surface area contributed by atoms with Crippen molar-refractivity contribution in [3.63, 3.8) is 0 Å². The quantitative estimate of drug-likeness (QED) is 0.0686. The van der Waals surface area contributed by atoms with Crippen molar-refractivity contribution < 1.29 is 23.9 Å². The number of ether oxygens (including phenoxy) is 2.